The summed E-state index contributed by atoms with van der Waals surface area (Å²) in [5.41, 5.74) is 0.510. The maximum absolute atomic E-state index is 13.9. The normalized spacial score (nSPS) is 19.3. The van der Waals surface area contributed by atoms with E-state index in [2.05, 4.69) is 48.5 Å². The van der Waals surface area contributed by atoms with Gasteiger partial charge in [-0.2, -0.15) is 0 Å². The molecule has 0 bridgehead atoms. The maximum atomic E-state index is 13.9. The van der Waals surface area contributed by atoms with Crippen LogP contribution in [0.1, 0.15) is 108 Å². The molecule has 1 fully saturated rings. The van der Waals surface area contributed by atoms with Crippen molar-refractivity contribution in [3.05, 3.63) is 0 Å². The van der Waals surface area contributed by atoms with Gasteiger partial charge >= 0.3 is 9.28 Å². The van der Waals surface area contributed by atoms with Gasteiger partial charge in [-0.1, -0.05) is 67.7 Å². The Morgan fingerprint density at radius 2 is 1.31 bits per heavy atom. The average molecular weight is 444 g/mol. The van der Waals surface area contributed by atoms with Crippen LogP contribution in [-0.2, 0) is 18.1 Å². The van der Waals surface area contributed by atoms with E-state index in [0.29, 0.717) is 25.2 Å². The van der Waals surface area contributed by atoms with Crippen molar-refractivity contribution in [3.63, 3.8) is 0 Å². The molecule has 4 nitrogen and oxygen atoms in total. The van der Waals surface area contributed by atoms with Gasteiger partial charge in [0.2, 0.25) is 0 Å². The fraction of sp³-hybridized carbons (Fsp3) is 0.957. The van der Waals surface area contributed by atoms with Crippen LogP contribution in [0.25, 0.3) is 0 Å². The molecule has 0 aromatic rings. The van der Waals surface area contributed by atoms with Gasteiger partial charge in [0.05, 0.1) is 0 Å². The van der Waals surface area contributed by atoms with E-state index in [1.807, 2.05) is 20.8 Å². The molecule has 0 aromatic carbocycles. The van der Waals surface area contributed by atoms with E-state index in [-0.39, 0.29) is 16.0 Å². The SMILES string of the molecule is CCO[Si](OCC)C(C)(CC)C(=O)O[Si](C1CCCCC1)(C(C)(C)C)C(C)(C)C. The predicted molar refractivity (Wildman–Crippen MR) is 126 cm³/mol. The van der Waals surface area contributed by atoms with Gasteiger partial charge in [0.25, 0.3) is 14.3 Å². The highest BCUT2D eigenvalue weighted by Gasteiger charge is 2.63. The predicted octanol–water partition coefficient (Wildman–Crippen LogP) is 7.14. The first-order valence-corrected chi connectivity index (χ1v) is 15.0. The molecule has 0 aromatic heterocycles. The van der Waals surface area contributed by atoms with Crippen LogP contribution in [0.15, 0.2) is 0 Å². The Morgan fingerprint density at radius 1 is 0.862 bits per heavy atom. The molecule has 0 N–H and O–H groups in total. The largest absolute Gasteiger partial charge is 0.517 e. The lowest BCUT2D eigenvalue weighted by molar-refractivity contribution is -0.140. The molecule has 171 valence electrons. The van der Waals surface area contributed by atoms with Crippen LogP contribution in [0.4, 0.5) is 0 Å². The Labute approximate surface area is 183 Å². The van der Waals surface area contributed by atoms with Gasteiger partial charge in [0.15, 0.2) is 0 Å². The molecule has 1 radical (unpaired) electrons. The zero-order chi connectivity index (χ0) is 22.5. The third-order valence-corrected chi connectivity index (χ3v) is 16.1. The highest BCUT2D eigenvalue weighted by atomic mass is 28.4. The van der Waals surface area contributed by atoms with E-state index in [1.165, 1.54) is 32.1 Å². The van der Waals surface area contributed by atoms with Crippen LogP contribution in [-0.4, -0.2) is 36.8 Å². The first-order chi connectivity index (χ1) is 13.3. The molecule has 1 atom stereocenters. The minimum absolute atomic E-state index is 0.0400. The molecule has 1 aliphatic rings. The van der Waals surface area contributed by atoms with Gasteiger partial charge < -0.3 is 13.3 Å². The summed E-state index contributed by atoms with van der Waals surface area (Å²) in [4.78, 5) is 13.9. The number of rotatable bonds is 9. The Hall–Kier alpha value is -0.176. The minimum atomic E-state index is -2.52. The summed E-state index contributed by atoms with van der Waals surface area (Å²) in [7, 11) is -4.30. The number of carbonyl (C=O) groups is 1. The second-order valence-electron chi connectivity index (χ2n) is 10.8. The third kappa shape index (κ3) is 5.55. The summed E-state index contributed by atoms with van der Waals surface area (Å²) < 4.78 is 18.9. The van der Waals surface area contributed by atoms with Crippen LogP contribution in [0.2, 0.25) is 20.7 Å². The Morgan fingerprint density at radius 3 is 1.66 bits per heavy atom. The van der Waals surface area contributed by atoms with Crippen LogP contribution >= 0.6 is 0 Å². The van der Waals surface area contributed by atoms with E-state index < -0.39 is 22.6 Å². The van der Waals surface area contributed by atoms with E-state index in [1.54, 1.807) is 0 Å². The summed E-state index contributed by atoms with van der Waals surface area (Å²) in [5.74, 6) is -0.0853. The minimum Gasteiger partial charge on any atom is -0.517 e. The van der Waals surface area contributed by atoms with E-state index >= 15 is 0 Å². The van der Waals surface area contributed by atoms with Gasteiger partial charge in [-0.25, -0.2) is 0 Å². The van der Waals surface area contributed by atoms with Gasteiger partial charge in [0.1, 0.15) is 5.04 Å². The summed E-state index contributed by atoms with van der Waals surface area (Å²) in [6.45, 7) is 22.9. The van der Waals surface area contributed by atoms with Crippen molar-refractivity contribution >= 4 is 23.6 Å². The zero-order valence-electron chi connectivity index (χ0n) is 20.9. The highest BCUT2D eigenvalue weighted by Crippen LogP contribution is 2.61. The maximum Gasteiger partial charge on any atom is 0.402 e. The molecular formula is C23H47O4Si2. The first kappa shape index (κ1) is 26.9. The smallest absolute Gasteiger partial charge is 0.402 e. The third-order valence-electron chi connectivity index (χ3n) is 6.82. The number of hydrogen-bond donors (Lipinski definition) is 0. The lowest BCUT2D eigenvalue weighted by Crippen LogP contribution is -2.61. The molecule has 0 aliphatic heterocycles. The molecule has 0 amide bonds. The zero-order valence-corrected chi connectivity index (χ0v) is 22.9. The molecular weight excluding hydrogens is 396 g/mol. The van der Waals surface area contributed by atoms with Crippen molar-refractivity contribution in [2.24, 2.45) is 0 Å². The van der Waals surface area contributed by atoms with E-state index in [4.69, 9.17) is 13.3 Å². The second-order valence-corrected chi connectivity index (χ2v) is 18.5. The molecule has 0 heterocycles. The van der Waals surface area contributed by atoms with E-state index in [0.717, 1.165) is 0 Å². The first-order valence-electron chi connectivity index (χ1n) is 11.7. The average Bonchev–Trinajstić information content (AvgIpc) is 2.63. The van der Waals surface area contributed by atoms with Crippen molar-refractivity contribution in [1.29, 1.82) is 0 Å². The van der Waals surface area contributed by atoms with Crippen LogP contribution in [0.5, 0.6) is 0 Å². The summed E-state index contributed by atoms with van der Waals surface area (Å²) >= 11 is 0. The molecule has 6 heteroatoms. The number of hydrogen-bond acceptors (Lipinski definition) is 4. The van der Waals surface area contributed by atoms with Crippen LogP contribution in [0, 0.1) is 0 Å². The summed E-state index contributed by atoms with van der Waals surface area (Å²) in [5, 5.41) is -0.788. The van der Waals surface area contributed by atoms with Crippen molar-refractivity contribution < 1.29 is 18.1 Å². The molecule has 29 heavy (non-hydrogen) atoms. The Kier molecular flexibility index (Phi) is 9.65. The lowest BCUT2D eigenvalue weighted by atomic mass is 10.00. The van der Waals surface area contributed by atoms with Crippen molar-refractivity contribution in [2.45, 2.75) is 128 Å². The lowest BCUT2D eigenvalue weighted by Gasteiger charge is -2.55. The highest BCUT2D eigenvalue weighted by molar-refractivity contribution is 6.82. The topological polar surface area (TPSA) is 44.8 Å². The van der Waals surface area contributed by atoms with Gasteiger partial charge in [-0.3, -0.25) is 4.79 Å². The van der Waals surface area contributed by atoms with Gasteiger partial charge in [-0.15, -0.1) is 0 Å². The standard InChI is InChI=1S/C23H47O4Si2/c1-11-23(10,28(25-12-2)26-13-3)20(24)27-29(21(4,5)6,22(7,8)9)19-17-15-14-16-18-19/h19H,11-18H2,1-10H3. The molecule has 1 aliphatic carbocycles. The summed E-state index contributed by atoms with van der Waals surface area (Å²) in [6.07, 6.45) is 6.85. The summed E-state index contributed by atoms with van der Waals surface area (Å²) in [6, 6.07) is 0. The monoisotopic (exact) mass is 443 g/mol. The number of carbonyl (C=O) groups excluding carboxylic acids is 1. The fourth-order valence-corrected chi connectivity index (χ4v) is 14.6. The van der Waals surface area contributed by atoms with Gasteiger partial charge in [-0.05, 0) is 55.7 Å². The molecule has 1 saturated carbocycles. The second kappa shape index (κ2) is 10.4. The molecule has 1 rings (SSSR count). The molecule has 0 spiro atoms. The van der Waals surface area contributed by atoms with Crippen LogP contribution < -0.4 is 0 Å². The van der Waals surface area contributed by atoms with Crippen molar-refractivity contribution in [2.75, 3.05) is 13.2 Å². The fourth-order valence-electron chi connectivity index (χ4n) is 5.50. The quantitative estimate of drug-likeness (QED) is 0.355. The van der Waals surface area contributed by atoms with E-state index in [9.17, 15) is 4.79 Å². The Bertz CT molecular complexity index is 498. The molecule has 1 unspecified atom stereocenters. The molecule has 0 saturated heterocycles. The Balaban J connectivity index is 3.44. The van der Waals surface area contributed by atoms with Crippen LogP contribution in [0.3, 0.4) is 0 Å². The van der Waals surface area contributed by atoms with Gasteiger partial charge in [0, 0.05) is 13.2 Å². The van der Waals surface area contributed by atoms with Crippen molar-refractivity contribution in [3.8, 4) is 0 Å². The van der Waals surface area contributed by atoms with Crippen molar-refractivity contribution in [1.82, 2.24) is 0 Å².